The summed E-state index contributed by atoms with van der Waals surface area (Å²) in [5.74, 6) is -1.30. The van der Waals surface area contributed by atoms with Gasteiger partial charge < -0.3 is 10.4 Å². The largest absolute Gasteiger partial charge is 0.477 e. The molecule has 6 heteroatoms. The highest BCUT2D eigenvalue weighted by Crippen LogP contribution is 2.11. The molecule has 0 saturated carbocycles. The number of nitrogens with one attached hydrogen (secondary N) is 2. The number of hydroxylamine groups is 1. The van der Waals surface area contributed by atoms with Crippen molar-refractivity contribution in [2.75, 3.05) is 11.9 Å². The average molecular weight is 276 g/mol. The van der Waals surface area contributed by atoms with Crippen LogP contribution in [0.4, 0.5) is 5.69 Å². The number of carbonyl (C=O) groups is 2. The molecule has 0 aromatic heterocycles. The van der Waals surface area contributed by atoms with Gasteiger partial charge in [-0.1, -0.05) is 30.9 Å². The van der Waals surface area contributed by atoms with Crippen LogP contribution in [-0.2, 0) is 14.4 Å². The van der Waals surface area contributed by atoms with Crippen LogP contribution in [0, 0.1) is 0 Å². The standard InChI is InChI=1S/C14H16N2O4/c1-10(14(18)19)16-20-8-4-6-12-5-3-7-13(9-12)15-11(2)17/h3-7,9,16H,1,8H2,2H3,(H,15,17)(H,18,19). The van der Waals surface area contributed by atoms with Gasteiger partial charge in [-0.2, -0.15) is 0 Å². The zero-order valence-electron chi connectivity index (χ0n) is 11.1. The summed E-state index contributed by atoms with van der Waals surface area (Å²) >= 11 is 0. The van der Waals surface area contributed by atoms with Gasteiger partial charge in [-0.25, -0.2) is 4.79 Å². The third-order valence-electron chi connectivity index (χ3n) is 2.15. The minimum atomic E-state index is -1.17. The minimum absolute atomic E-state index is 0.133. The van der Waals surface area contributed by atoms with Crippen LogP contribution in [-0.4, -0.2) is 23.6 Å². The summed E-state index contributed by atoms with van der Waals surface area (Å²) in [5, 5.41) is 11.2. The third kappa shape index (κ3) is 5.83. The molecule has 0 bridgehead atoms. The number of anilines is 1. The lowest BCUT2D eigenvalue weighted by atomic mass is 10.2. The highest BCUT2D eigenvalue weighted by molar-refractivity contribution is 5.89. The Morgan fingerprint density at radius 1 is 1.45 bits per heavy atom. The smallest absolute Gasteiger partial charge is 0.353 e. The van der Waals surface area contributed by atoms with Crippen LogP contribution in [0.15, 0.2) is 42.6 Å². The van der Waals surface area contributed by atoms with E-state index in [4.69, 9.17) is 9.94 Å². The number of hydrogen-bond acceptors (Lipinski definition) is 4. The van der Waals surface area contributed by atoms with Gasteiger partial charge in [0.25, 0.3) is 0 Å². The van der Waals surface area contributed by atoms with Crippen molar-refractivity contribution in [3.8, 4) is 0 Å². The van der Waals surface area contributed by atoms with Crippen molar-refractivity contribution in [2.24, 2.45) is 0 Å². The van der Waals surface area contributed by atoms with Gasteiger partial charge in [-0.15, -0.1) is 0 Å². The van der Waals surface area contributed by atoms with Gasteiger partial charge in [0.15, 0.2) is 0 Å². The van der Waals surface area contributed by atoms with Crippen molar-refractivity contribution in [3.05, 3.63) is 48.2 Å². The maximum Gasteiger partial charge on any atom is 0.353 e. The van der Waals surface area contributed by atoms with Crippen LogP contribution in [0.1, 0.15) is 12.5 Å². The molecule has 0 radical (unpaired) electrons. The first-order valence-corrected chi connectivity index (χ1v) is 5.83. The fraction of sp³-hybridized carbons (Fsp3) is 0.143. The number of benzene rings is 1. The highest BCUT2D eigenvalue weighted by atomic mass is 16.6. The van der Waals surface area contributed by atoms with Gasteiger partial charge in [0.1, 0.15) is 5.70 Å². The summed E-state index contributed by atoms with van der Waals surface area (Å²) < 4.78 is 0. The first-order valence-electron chi connectivity index (χ1n) is 5.83. The number of hydrogen-bond donors (Lipinski definition) is 3. The molecule has 1 amide bonds. The second-order valence-electron chi connectivity index (χ2n) is 3.91. The molecule has 0 aliphatic carbocycles. The lowest BCUT2D eigenvalue weighted by Crippen LogP contribution is -2.19. The van der Waals surface area contributed by atoms with Crippen LogP contribution < -0.4 is 10.8 Å². The predicted octanol–water partition coefficient (Wildman–Crippen LogP) is 1.78. The van der Waals surface area contributed by atoms with Gasteiger partial charge in [0, 0.05) is 12.6 Å². The fourth-order valence-corrected chi connectivity index (χ4v) is 1.33. The minimum Gasteiger partial charge on any atom is -0.477 e. The van der Waals surface area contributed by atoms with E-state index in [1.807, 2.05) is 18.2 Å². The molecule has 0 spiro atoms. The third-order valence-corrected chi connectivity index (χ3v) is 2.15. The SMILES string of the molecule is C=C(NOCC=Cc1cccc(NC(C)=O)c1)C(=O)O. The molecule has 3 N–H and O–H groups in total. The van der Waals surface area contributed by atoms with E-state index in [2.05, 4.69) is 17.4 Å². The summed E-state index contributed by atoms with van der Waals surface area (Å²) in [6.07, 6.45) is 3.49. The van der Waals surface area contributed by atoms with Crippen LogP contribution in [0.3, 0.4) is 0 Å². The maximum atomic E-state index is 10.9. The molecule has 0 atom stereocenters. The molecular weight excluding hydrogens is 260 g/mol. The van der Waals surface area contributed by atoms with Gasteiger partial charge >= 0.3 is 5.97 Å². The quantitative estimate of drug-likeness (QED) is 0.401. The van der Waals surface area contributed by atoms with E-state index in [0.717, 1.165) is 5.56 Å². The molecule has 6 nitrogen and oxygen atoms in total. The van der Waals surface area contributed by atoms with E-state index < -0.39 is 5.97 Å². The molecule has 1 aromatic rings. The second-order valence-corrected chi connectivity index (χ2v) is 3.91. The van der Waals surface area contributed by atoms with E-state index in [1.165, 1.54) is 6.92 Å². The molecule has 0 unspecified atom stereocenters. The van der Waals surface area contributed by atoms with Crippen LogP contribution >= 0.6 is 0 Å². The molecular formula is C14H16N2O4. The number of rotatable bonds is 7. The molecule has 20 heavy (non-hydrogen) atoms. The van der Waals surface area contributed by atoms with Crippen molar-refractivity contribution in [1.82, 2.24) is 5.48 Å². The highest BCUT2D eigenvalue weighted by Gasteiger charge is 2.01. The second kappa shape index (κ2) is 7.75. The average Bonchev–Trinajstić information content (AvgIpc) is 2.37. The molecule has 0 aliphatic heterocycles. The molecule has 1 rings (SSSR count). The van der Waals surface area contributed by atoms with Crippen molar-refractivity contribution < 1.29 is 19.5 Å². The van der Waals surface area contributed by atoms with Gasteiger partial charge in [-0.05, 0) is 17.7 Å². The number of carboxylic acid groups (broad SMARTS) is 1. The first-order chi connectivity index (χ1) is 9.49. The maximum absolute atomic E-state index is 10.9. The summed E-state index contributed by atoms with van der Waals surface area (Å²) in [5.41, 5.74) is 3.57. The molecule has 0 aliphatic rings. The van der Waals surface area contributed by atoms with Crippen molar-refractivity contribution in [2.45, 2.75) is 6.92 Å². The van der Waals surface area contributed by atoms with Gasteiger partial charge in [0.2, 0.25) is 5.91 Å². The van der Waals surface area contributed by atoms with E-state index >= 15 is 0 Å². The summed E-state index contributed by atoms with van der Waals surface area (Å²) in [6, 6.07) is 7.27. The summed E-state index contributed by atoms with van der Waals surface area (Å²) in [4.78, 5) is 26.2. The zero-order valence-corrected chi connectivity index (χ0v) is 11.1. The number of amides is 1. The molecule has 0 heterocycles. The Labute approximate surface area is 116 Å². The lowest BCUT2D eigenvalue weighted by molar-refractivity contribution is -0.134. The van der Waals surface area contributed by atoms with E-state index in [9.17, 15) is 9.59 Å². The molecule has 0 fully saturated rings. The summed E-state index contributed by atoms with van der Waals surface area (Å²) in [7, 11) is 0. The number of carboxylic acids is 1. The Morgan fingerprint density at radius 2 is 2.20 bits per heavy atom. The Bertz CT molecular complexity index is 538. The van der Waals surface area contributed by atoms with Crippen LogP contribution in [0.5, 0.6) is 0 Å². The molecule has 106 valence electrons. The molecule has 1 aromatic carbocycles. The van der Waals surface area contributed by atoms with E-state index in [1.54, 1.807) is 18.2 Å². The number of carbonyl (C=O) groups excluding carboxylic acids is 1. The zero-order chi connectivity index (χ0) is 15.0. The van der Waals surface area contributed by atoms with Crippen LogP contribution in [0.2, 0.25) is 0 Å². The normalized spacial score (nSPS) is 10.2. The fourth-order valence-electron chi connectivity index (χ4n) is 1.33. The van der Waals surface area contributed by atoms with Gasteiger partial charge in [-0.3, -0.25) is 15.1 Å². The van der Waals surface area contributed by atoms with E-state index in [-0.39, 0.29) is 18.2 Å². The van der Waals surface area contributed by atoms with Crippen molar-refractivity contribution in [1.29, 1.82) is 0 Å². The predicted molar refractivity (Wildman–Crippen MR) is 75.6 cm³/mol. The topological polar surface area (TPSA) is 87.7 Å². The Hall–Kier alpha value is -2.60. The van der Waals surface area contributed by atoms with Gasteiger partial charge in [0.05, 0.1) is 6.61 Å². The molecule has 0 saturated heterocycles. The summed E-state index contributed by atoms with van der Waals surface area (Å²) in [6.45, 7) is 4.87. The van der Waals surface area contributed by atoms with Crippen molar-refractivity contribution >= 4 is 23.6 Å². The lowest BCUT2D eigenvalue weighted by Gasteiger charge is -2.04. The van der Waals surface area contributed by atoms with Crippen LogP contribution in [0.25, 0.3) is 6.08 Å². The van der Waals surface area contributed by atoms with Crippen molar-refractivity contribution in [3.63, 3.8) is 0 Å². The Morgan fingerprint density at radius 3 is 2.85 bits per heavy atom. The number of aliphatic carboxylic acids is 1. The first kappa shape index (κ1) is 15.5. The van der Waals surface area contributed by atoms with E-state index in [0.29, 0.717) is 5.69 Å². The Balaban J connectivity index is 2.44. The monoisotopic (exact) mass is 276 g/mol. The Kier molecular flexibility index (Phi) is 5.99.